The van der Waals surface area contributed by atoms with E-state index in [-0.39, 0.29) is 24.6 Å². The molecule has 0 aliphatic rings. The number of rotatable bonds is 3. The lowest BCUT2D eigenvalue weighted by atomic mass is 9.94. The first-order valence-electron chi connectivity index (χ1n) is 6.25. The molecule has 1 unspecified atom stereocenters. The molecule has 0 aliphatic carbocycles. The van der Waals surface area contributed by atoms with Crippen molar-refractivity contribution in [2.24, 2.45) is 5.41 Å². The van der Waals surface area contributed by atoms with Crippen LogP contribution in [0.1, 0.15) is 57.1 Å². The van der Waals surface area contributed by atoms with Crippen LogP contribution in [0.25, 0.3) is 0 Å². The van der Waals surface area contributed by atoms with Crippen molar-refractivity contribution >= 4 is 11.8 Å². The van der Waals surface area contributed by atoms with Crippen molar-refractivity contribution in [3.63, 3.8) is 0 Å². The second-order valence-electron chi connectivity index (χ2n) is 5.66. The molecule has 6 heteroatoms. The van der Waals surface area contributed by atoms with Crippen LogP contribution in [0.5, 0.6) is 5.75 Å². The van der Waals surface area contributed by atoms with Gasteiger partial charge in [0.2, 0.25) is 5.91 Å². The molecule has 0 saturated carbocycles. The van der Waals surface area contributed by atoms with Gasteiger partial charge in [-0.05, 0) is 19.1 Å². The fraction of sp³-hybridized carbons (Fsp3) is 0.467. The predicted molar refractivity (Wildman–Crippen MR) is 80.1 cm³/mol. The molecule has 0 radical (unpaired) electrons. The summed E-state index contributed by atoms with van der Waals surface area (Å²) in [6.07, 6.45) is 0. The van der Waals surface area contributed by atoms with E-state index in [4.69, 9.17) is 5.21 Å². The number of phenolic OH excluding ortho intramolecular Hbond substituents is 1. The number of hydroxylamine groups is 1. The summed E-state index contributed by atoms with van der Waals surface area (Å²) in [6, 6.07) is 3.84. The normalized spacial score (nSPS) is 12.0. The van der Waals surface area contributed by atoms with Gasteiger partial charge in [0.25, 0.3) is 5.91 Å². The molecule has 0 aliphatic heterocycles. The summed E-state index contributed by atoms with van der Waals surface area (Å²) in [4.78, 5) is 23.1. The van der Waals surface area contributed by atoms with Crippen LogP contribution in [0, 0.1) is 5.41 Å². The van der Waals surface area contributed by atoms with Crippen LogP contribution < -0.4 is 10.8 Å². The Kier molecular flexibility index (Phi) is 6.38. The summed E-state index contributed by atoms with van der Waals surface area (Å²) in [5.74, 6) is -0.965. The number of carbonyl (C=O) groups excluding carboxylic acids is 2. The lowest BCUT2D eigenvalue weighted by molar-refractivity contribution is -0.129. The lowest BCUT2D eigenvalue weighted by Gasteiger charge is -2.22. The molecule has 0 saturated heterocycles. The molecule has 1 rings (SSSR count). The Bertz CT molecular complexity index is 521. The molecule has 0 fully saturated rings. The van der Waals surface area contributed by atoms with Gasteiger partial charge >= 0.3 is 0 Å². The predicted octanol–water partition coefficient (Wildman–Crippen LogP) is 2.37. The van der Waals surface area contributed by atoms with Gasteiger partial charge in [-0.15, -0.1) is 0 Å². The standard InChI is InChI=1S/C14H20N2O4.CH4/c1-8(15-13(19)14(2,3)4)10-6-5-9(7-11(10)17)12(18)16-20;/h5-8,17,20H,1-4H3,(H,15,19)(H,16,18);1H4. The number of amides is 2. The first-order valence-corrected chi connectivity index (χ1v) is 6.25. The largest absolute Gasteiger partial charge is 0.508 e. The van der Waals surface area contributed by atoms with Crippen LogP contribution >= 0.6 is 0 Å². The molecule has 0 aromatic heterocycles. The van der Waals surface area contributed by atoms with Crippen molar-refractivity contribution in [3.8, 4) is 5.75 Å². The second-order valence-corrected chi connectivity index (χ2v) is 5.66. The average molecular weight is 296 g/mol. The van der Waals surface area contributed by atoms with Gasteiger partial charge in [0.1, 0.15) is 5.75 Å². The highest BCUT2D eigenvalue weighted by Crippen LogP contribution is 2.26. The van der Waals surface area contributed by atoms with Crippen molar-refractivity contribution in [2.45, 2.75) is 41.2 Å². The van der Waals surface area contributed by atoms with Crippen molar-refractivity contribution in [1.82, 2.24) is 10.8 Å². The smallest absolute Gasteiger partial charge is 0.274 e. The van der Waals surface area contributed by atoms with E-state index < -0.39 is 17.4 Å². The molecule has 2 amide bonds. The molecule has 4 N–H and O–H groups in total. The summed E-state index contributed by atoms with van der Waals surface area (Å²) in [5, 5.41) is 21.2. The Morgan fingerprint density at radius 1 is 1.24 bits per heavy atom. The lowest BCUT2D eigenvalue weighted by Crippen LogP contribution is -2.36. The average Bonchev–Trinajstić information content (AvgIpc) is 2.36. The minimum Gasteiger partial charge on any atom is -0.508 e. The number of nitrogens with one attached hydrogen (secondary N) is 2. The quantitative estimate of drug-likeness (QED) is 0.508. The van der Waals surface area contributed by atoms with Crippen molar-refractivity contribution < 1.29 is 19.9 Å². The maximum absolute atomic E-state index is 11.9. The summed E-state index contributed by atoms with van der Waals surface area (Å²) >= 11 is 0. The molecule has 6 nitrogen and oxygen atoms in total. The van der Waals surface area contributed by atoms with Gasteiger partial charge in [0.15, 0.2) is 0 Å². The Balaban J connectivity index is 0.00000400. The first kappa shape index (κ1) is 18.9. The molecular formula is C15H24N2O4. The maximum atomic E-state index is 11.9. The maximum Gasteiger partial charge on any atom is 0.274 e. The van der Waals surface area contributed by atoms with Crippen LogP contribution in [0.15, 0.2) is 18.2 Å². The van der Waals surface area contributed by atoms with E-state index in [0.717, 1.165) is 0 Å². The fourth-order valence-corrected chi connectivity index (χ4v) is 1.61. The number of aromatic hydroxyl groups is 1. The first-order chi connectivity index (χ1) is 9.16. The summed E-state index contributed by atoms with van der Waals surface area (Å²) in [7, 11) is 0. The fourth-order valence-electron chi connectivity index (χ4n) is 1.61. The highest BCUT2D eigenvalue weighted by atomic mass is 16.5. The molecular weight excluding hydrogens is 272 g/mol. The zero-order chi connectivity index (χ0) is 15.5. The molecule has 1 aromatic carbocycles. The van der Waals surface area contributed by atoms with E-state index in [0.29, 0.717) is 5.56 Å². The van der Waals surface area contributed by atoms with Crippen LogP contribution in [-0.4, -0.2) is 22.1 Å². The molecule has 1 aromatic rings. The topological polar surface area (TPSA) is 98.7 Å². The van der Waals surface area contributed by atoms with E-state index in [1.54, 1.807) is 27.7 Å². The minimum absolute atomic E-state index is 0. The Hall–Kier alpha value is -2.08. The SMILES string of the molecule is C.CC(NC(=O)C(C)(C)C)c1ccc(C(=O)NO)cc1O. The number of hydrogen-bond acceptors (Lipinski definition) is 4. The Morgan fingerprint density at radius 2 is 1.81 bits per heavy atom. The number of hydrogen-bond donors (Lipinski definition) is 4. The zero-order valence-corrected chi connectivity index (χ0v) is 12.0. The second kappa shape index (κ2) is 7.08. The molecule has 1 atom stereocenters. The highest BCUT2D eigenvalue weighted by Gasteiger charge is 2.24. The Labute approximate surface area is 125 Å². The summed E-state index contributed by atoms with van der Waals surface area (Å²) < 4.78 is 0. The summed E-state index contributed by atoms with van der Waals surface area (Å²) in [6.45, 7) is 7.13. The molecule has 0 spiro atoms. The third-order valence-electron chi connectivity index (χ3n) is 2.89. The van der Waals surface area contributed by atoms with E-state index in [9.17, 15) is 14.7 Å². The van der Waals surface area contributed by atoms with Crippen LogP contribution in [0.2, 0.25) is 0 Å². The van der Waals surface area contributed by atoms with Crippen molar-refractivity contribution in [2.75, 3.05) is 0 Å². The van der Waals surface area contributed by atoms with Gasteiger partial charge in [0, 0.05) is 16.5 Å². The van der Waals surface area contributed by atoms with Gasteiger partial charge in [-0.3, -0.25) is 14.8 Å². The molecule has 118 valence electrons. The van der Waals surface area contributed by atoms with Gasteiger partial charge < -0.3 is 10.4 Å². The third kappa shape index (κ3) is 4.75. The highest BCUT2D eigenvalue weighted by molar-refractivity contribution is 5.93. The Morgan fingerprint density at radius 3 is 2.24 bits per heavy atom. The van der Waals surface area contributed by atoms with Crippen molar-refractivity contribution in [1.29, 1.82) is 0 Å². The number of carbonyl (C=O) groups is 2. The number of benzene rings is 1. The van der Waals surface area contributed by atoms with Gasteiger partial charge in [-0.1, -0.05) is 34.3 Å². The van der Waals surface area contributed by atoms with Gasteiger partial charge in [0.05, 0.1) is 6.04 Å². The molecule has 21 heavy (non-hydrogen) atoms. The monoisotopic (exact) mass is 296 g/mol. The van der Waals surface area contributed by atoms with E-state index >= 15 is 0 Å². The summed E-state index contributed by atoms with van der Waals surface area (Å²) in [5.41, 5.74) is 1.59. The van der Waals surface area contributed by atoms with E-state index in [1.807, 2.05) is 0 Å². The van der Waals surface area contributed by atoms with E-state index in [2.05, 4.69) is 5.32 Å². The molecule has 0 bridgehead atoms. The van der Waals surface area contributed by atoms with E-state index in [1.165, 1.54) is 23.7 Å². The minimum atomic E-state index is -0.710. The van der Waals surface area contributed by atoms with Crippen LogP contribution in [-0.2, 0) is 4.79 Å². The van der Waals surface area contributed by atoms with Crippen LogP contribution in [0.3, 0.4) is 0 Å². The van der Waals surface area contributed by atoms with Crippen LogP contribution in [0.4, 0.5) is 0 Å². The number of phenols is 1. The zero-order valence-electron chi connectivity index (χ0n) is 12.0. The van der Waals surface area contributed by atoms with Crippen molar-refractivity contribution in [3.05, 3.63) is 29.3 Å². The van der Waals surface area contributed by atoms with Gasteiger partial charge in [-0.25, -0.2) is 5.48 Å². The molecule has 0 heterocycles. The van der Waals surface area contributed by atoms with Gasteiger partial charge in [-0.2, -0.15) is 0 Å². The third-order valence-corrected chi connectivity index (χ3v) is 2.89.